The summed E-state index contributed by atoms with van der Waals surface area (Å²) in [6, 6.07) is 13.5. The lowest BCUT2D eigenvalue weighted by atomic mass is 10.0. The maximum Gasteiger partial charge on any atom is 0.197 e. The minimum Gasteiger partial charge on any atom is -0.507 e. The van der Waals surface area contributed by atoms with Crippen molar-refractivity contribution in [3.8, 4) is 11.5 Å². The van der Waals surface area contributed by atoms with Gasteiger partial charge in [0, 0.05) is 30.1 Å². The van der Waals surface area contributed by atoms with Crippen LogP contribution in [0.25, 0.3) is 6.08 Å². The number of benzene rings is 2. The van der Waals surface area contributed by atoms with Crippen LogP contribution in [0.1, 0.15) is 21.5 Å². The summed E-state index contributed by atoms with van der Waals surface area (Å²) < 4.78 is 10.6. The third-order valence-corrected chi connectivity index (χ3v) is 4.97. The fourth-order valence-corrected chi connectivity index (χ4v) is 3.42. The molecule has 0 radical (unpaired) electrons. The predicted molar refractivity (Wildman–Crippen MR) is 112 cm³/mol. The Hall–Kier alpha value is -3.73. The van der Waals surface area contributed by atoms with E-state index >= 15 is 0 Å². The number of Topliss-reactive ketones (excluding diaryl/α,β-unsaturated/α-hetero) is 1. The molecule has 0 unspecified atom stereocenters. The standard InChI is InChI=1S/C24H21NO4/c1-28-21-13-18-12-20(24(27)19(18)14-22(21)29-2)23(26)17-8-10-25(11-9-17)15-16-6-4-3-5-7-16/h3-14,26H,15H2,1-2H3. The average Bonchev–Trinajstić information content (AvgIpc) is 3.09. The van der Waals surface area contributed by atoms with E-state index in [-0.39, 0.29) is 17.1 Å². The van der Waals surface area contributed by atoms with Gasteiger partial charge >= 0.3 is 0 Å². The Kier molecular flexibility index (Phi) is 4.96. The number of aliphatic hydroxyl groups is 1. The molecular formula is C24H21NO4. The highest BCUT2D eigenvalue weighted by Crippen LogP contribution is 2.38. The van der Waals surface area contributed by atoms with Crippen LogP contribution in [-0.2, 0) is 6.54 Å². The maximum atomic E-state index is 12.8. The lowest BCUT2D eigenvalue weighted by Crippen LogP contribution is -2.12. The van der Waals surface area contributed by atoms with Crippen molar-refractivity contribution in [1.29, 1.82) is 0 Å². The summed E-state index contributed by atoms with van der Waals surface area (Å²) >= 11 is 0. The Morgan fingerprint density at radius 2 is 1.66 bits per heavy atom. The first kappa shape index (κ1) is 18.6. The number of methoxy groups -OCH3 is 2. The molecular weight excluding hydrogens is 366 g/mol. The van der Waals surface area contributed by atoms with E-state index in [1.54, 1.807) is 37.5 Å². The van der Waals surface area contributed by atoms with Gasteiger partial charge in [-0.05, 0) is 41.5 Å². The molecule has 1 heterocycles. The van der Waals surface area contributed by atoms with E-state index in [0.717, 1.165) is 6.54 Å². The number of nitrogens with zero attached hydrogens (tertiary/aromatic N) is 1. The molecule has 0 fully saturated rings. The van der Waals surface area contributed by atoms with E-state index in [0.29, 0.717) is 28.2 Å². The Bertz CT molecular complexity index is 1060. The van der Waals surface area contributed by atoms with Gasteiger partial charge in [0.1, 0.15) is 5.76 Å². The fourth-order valence-electron chi connectivity index (χ4n) is 3.42. The topological polar surface area (TPSA) is 59.0 Å². The van der Waals surface area contributed by atoms with Crippen LogP contribution in [0.3, 0.4) is 0 Å². The first-order valence-corrected chi connectivity index (χ1v) is 9.23. The molecule has 2 aromatic rings. The van der Waals surface area contributed by atoms with Crippen LogP contribution >= 0.6 is 0 Å². The molecule has 2 aromatic carbocycles. The van der Waals surface area contributed by atoms with Crippen molar-refractivity contribution in [1.82, 2.24) is 4.90 Å². The predicted octanol–water partition coefficient (Wildman–Crippen LogP) is 4.64. The van der Waals surface area contributed by atoms with Crippen molar-refractivity contribution >= 4 is 11.9 Å². The minimum atomic E-state index is -0.237. The highest BCUT2D eigenvalue weighted by atomic mass is 16.5. The summed E-state index contributed by atoms with van der Waals surface area (Å²) in [5.41, 5.74) is 3.21. The van der Waals surface area contributed by atoms with Gasteiger partial charge in [0.25, 0.3) is 0 Å². The Morgan fingerprint density at radius 3 is 2.31 bits per heavy atom. The molecule has 0 bridgehead atoms. The second kappa shape index (κ2) is 7.72. The van der Waals surface area contributed by atoms with Gasteiger partial charge in [-0.3, -0.25) is 4.79 Å². The number of rotatable bonds is 5. The number of fused-ring (bicyclic) bond motifs is 1. The minimum absolute atomic E-state index is 0.0454. The Morgan fingerprint density at radius 1 is 1.00 bits per heavy atom. The summed E-state index contributed by atoms with van der Waals surface area (Å²) in [7, 11) is 3.07. The third-order valence-electron chi connectivity index (χ3n) is 4.97. The highest BCUT2D eigenvalue weighted by molar-refractivity contribution is 6.20. The molecule has 29 heavy (non-hydrogen) atoms. The summed E-state index contributed by atoms with van der Waals surface area (Å²) in [5, 5.41) is 10.8. The third kappa shape index (κ3) is 3.55. The van der Waals surface area contributed by atoms with Crippen molar-refractivity contribution in [2.24, 2.45) is 0 Å². The summed E-state index contributed by atoms with van der Waals surface area (Å²) in [6.07, 6.45) is 9.06. The zero-order valence-corrected chi connectivity index (χ0v) is 16.3. The first-order valence-electron chi connectivity index (χ1n) is 9.23. The molecule has 146 valence electrons. The number of ether oxygens (including phenoxy) is 2. The molecule has 0 atom stereocenters. The molecule has 0 saturated carbocycles. The number of allylic oxidation sites excluding steroid dienone is 4. The zero-order chi connectivity index (χ0) is 20.4. The van der Waals surface area contributed by atoms with Gasteiger partial charge in [0.2, 0.25) is 0 Å². The first-order chi connectivity index (χ1) is 14.1. The fraction of sp³-hybridized carbons (Fsp3) is 0.125. The number of carbonyl (C=O) groups is 1. The lowest BCUT2D eigenvalue weighted by molar-refractivity contribution is 0.103. The van der Waals surface area contributed by atoms with Gasteiger partial charge in [0.05, 0.1) is 19.8 Å². The molecule has 4 rings (SSSR count). The number of aliphatic hydroxyl groups excluding tert-OH is 1. The van der Waals surface area contributed by atoms with Gasteiger partial charge < -0.3 is 19.5 Å². The van der Waals surface area contributed by atoms with Gasteiger partial charge in [-0.2, -0.15) is 0 Å². The summed E-state index contributed by atoms with van der Waals surface area (Å²) in [6.45, 7) is 0.731. The van der Waals surface area contributed by atoms with E-state index < -0.39 is 0 Å². The number of carbonyl (C=O) groups excluding carboxylic acids is 1. The quantitative estimate of drug-likeness (QED) is 0.758. The number of hydrogen-bond acceptors (Lipinski definition) is 5. The molecule has 0 amide bonds. The molecule has 0 spiro atoms. The van der Waals surface area contributed by atoms with Crippen molar-refractivity contribution < 1.29 is 19.4 Å². The second-order valence-corrected chi connectivity index (χ2v) is 6.77. The van der Waals surface area contributed by atoms with Crippen LogP contribution in [0.4, 0.5) is 0 Å². The molecule has 1 aliphatic carbocycles. The van der Waals surface area contributed by atoms with Gasteiger partial charge in [-0.15, -0.1) is 0 Å². The number of hydrogen-bond donors (Lipinski definition) is 1. The number of ketones is 1. The molecule has 1 aliphatic heterocycles. The van der Waals surface area contributed by atoms with Gasteiger partial charge in [0.15, 0.2) is 17.3 Å². The van der Waals surface area contributed by atoms with Crippen molar-refractivity contribution in [2.75, 3.05) is 14.2 Å². The average molecular weight is 387 g/mol. The molecule has 5 heteroatoms. The van der Waals surface area contributed by atoms with E-state index in [9.17, 15) is 9.90 Å². The Balaban J connectivity index is 1.57. The van der Waals surface area contributed by atoms with E-state index in [1.807, 2.05) is 35.5 Å². The van der Waals surface area contributed by atoms with E-state index in [4.69, 9.17) is 9.47 Å². The molecule has 5 nitrogen and oxygen atoms in total. The van der Waals surface area contributed by atoms with Gasteiger partial charge in [-0.25, -0.2) is 0 Å². The van der Waals surface area contributed by atoms with Crippen LogP contribution in [0.15, 0.2) is 83.9 Å². The lowest BCUT2D eigenvalue weighted by Gasteiger charge is -2.19. The van der Waals surface area contributed by atoms with Crippen LogP contribution in [0.2, 0.25) is 0 Å². The van der Waals surface area contributed by atoms with Crippen LogP contribution in [-0.4, -0.2) is 30.0 Å². The van der Waals surface area contributed by atoms with Crippen molar-refractivity contribution in [3.63, 3.8) is 0 Å². The van der Waals surface area contributed by atoms with Crippen LogP contribution in [0, 0.1) is 0 Å². The van der Waals surface area contributed by atoms with E-state index in [2.05, 4.69) is 12.1 Å². The smallest absolute Gasteiger partial charge is 0.197 e. The molecule has 2 aliphatic rings. The van der Waals surface area contributed by atoms with Crippen molar-refractivity contribution in [3.05, 3.63) is 101 Å². The summed E-state index contributed by atoms with van der Waals surface area (Å²) in [4.78, 5) is 14.9. The van der Waals surface area contributed by atoms with Crippen LogP contribution in [0.5, 0.6) is 11.5 Å². The maximum absolute atomic E-state index is 12.8. The Labute approximate surface area is 169 Å². The zero-order valence-electron chi connectivity index (χ0n) is 16.3. The van der Waals surface area contributed by atoms with Crippen LogP contribution < -0.4 is 9.47 Å². The van der Waals surface area contributed by atoms with Gasteiger partial charge in [-0.1, -0.05) is 30.3 Å². The summed E-state index contributed by atoms with van der Waals surface area (Å²) in [5.74, 6) is 0.739. The normalized spacial score (nSPS) is 14.7. The van der Waals surface area contributed by atoms with Crippen molar-refractivity contribution in [2.45, 2.75) is 6.54 Å². The van der Waals surface area contributed by atoms with E-state index in [1.165, 1.54) is 12.7 Å². The SMILES string of the molecule is COc1cc2c(cc1OC)C(=O)C(C(O)=C1C=CN(Cc3ccccc3)C=C1)=C2. The molecule has 0 saturated heterocycles. The highest BCUT2D eigenvalue weighted by Gasteiger charge is 2.28. The monoisotopic (exact) mass is 387 g/mol. The largest absolute Gasteiger partial charge is 0.507 e. The molecule has 0 aromatic heterocycles. The molecule has 1 N–H and O–H groups in total. The second-order valence-electron chi connectivity index (χ2n) is 6.77.